The monoisotopic (exact) mass is 356 g/mol. The molecule has 2 aromatic carbocycles. The first kappa shape index (κ1) is 18.9. The van der Waals surface area contributed by atoms with Gasteiger partial charge in [0.2, 0.25) is 11.8 Å². The summed E-state index contributed by atoms with van der Waals surface area (Å²) in [5.74, 6) is -1.07. The molecule has 8 nitrogen and oxygen atoms in total. The highest BCUT2D eigenvalue weighted by Gasteiger charge is 2.21. The Bertz CT molecular complexity index is 879. The van der Waals surface area contributed by atoms with E-state index in [9.17, 15) is 19.7 Å². The van der Waals surface area contributed by atoms with Gasteiger partial charge in [-0.2, -0.15) is 0 Å². The van der Waals surface area contributed by atoms with Gasteiger partial charge in [-0.15, -0.1) is 0 Å². The maximum atomic E-state index is 12.3. The van der Waals surface area contributed by atoms with Crippen LogP contribution in [0.15, 0.2) is 36.4 Å². The summed E-state index contributed by atoms with van der Waals surface area (Å²) >= 11 is 0. The Hall–Kier alpha value is -3.42. The molecule has 0 aliphatic heterocycles. The number of carbonyl (C=O) groups is 2. The average molecular weight is 356 g/mol. The molecule has 0 atom stereocenters. The van der Waals surface area contributed by atoms with E-state index in [0.717, 1.165) is 17.2 Å². The van der Waals surface area contributed by atoms with Gasteiger partial charge in [0.15, 0.2) is 0 Å². The Balaban J connectivity index is 2.20. The lowest BCUT2D eigenvalue weighted by Gasteiger charge is -2.19. The first-order valence-corrected chi connectivity index (χ1v) is 7.86. The number of primary amides is 1. The second kappa shape index (κ2) is 7.64. The number of aryl methyl sites for hydroxylation is 1. The predicted octanol–water partition coefficient (Wildman–Crippen LogP) is 2.39. The molecule has 0 aliphatic rings. The van der Waals surface area contributed by atoms with Gasteiger partial charge in [-0.25, -0.2) is 0 Å². The molecule has 0 aromatic heterocycles. The van der Waals surface area contributed by atoms with Crippen molar-refractivity contribution in [2.45, 2.75) is 13.8 Å². The van der Waals surface area contributed by atoms with Crippen LogP contribution in [0.25, 0.3) is 0 Å². The van der Waals surface area contributed by atoms with E-state index >= 15 is 0 Å². The van der Waals surface area contributed by atoms with Gasteiger partial charge < -0.3 is 16.0 Å². The number of nitrogens with one attached hydrogen (secondary N) is 1. The first-order chi connectivity index (χ1) is 12.2. The molecule has 0 saturated heterocycles. The lowest BCUT2D eigenvalue weighted by Crippen LogP contribution is -2.30. The SMILES string of the molecule is Cc1cccc(NC(=O)CN(C)c2ccc(C(N)=O)cc2[N+](=O)[O-])c1C. The molecule has 0 aliphatic carbocycles. The van der Waals surface area contributed by atoms with Crippen LogP contribution in [-0.2, 0) is 4.79 Å². The van der Waals surface area contributed by atoms with Crippen molar-refractivity contribution < 1.29 is 14.5 Å². The van der Waals surface area contributed by atoms with Crippen molar-refractivity contribution >= 4 is 28.9 Å². The number of hydrogen-bond acceptors (Lipinski definition) is 5. The molecule has 26 heavy (non-hydrogen) atoms. The maximum Gasteiger partial charge on any atom is 0.293 e. The Morgan fingerprint density at radius 1 is 1.23 bits per heavy atom. The van der Waals surface area contributed by atoms with Gasteiger partial charge in [0.1, 0.15) is 5.69 Å². The molecule has 0 spiro atoms. The third-order valence-electron chi connectivity index (χ3n) is 4.13. The number of anilines is 2. The highest BCUT2D eigenvalue weighted by atomic mass is 16.6. The van der Waals surface area contributed by atoms with Crippen LogP contribution in [0.4, 0.5) is 17.1 Å². The van der Waals surface area contributed by atoms with Crippen LogP contribution in [0, 0.1) is 24.0 Å². The summed E-state index contributed by atoms with van der Waals surface area (Å²) in [6, 6.07) is 9.49. The smallest absolute Gasteiger partial charge is 0.293 e. The van der Waals surface area contributed by atoms with Crippen molar-refractivity contribution in [1.82, 2.24) is 0 Å². The Morgan fingerprint density at radius 2 is 1.92 bits per heavy atom. The fourth-order valence-corrected chi connectivity index (χ4v) is 2.52. The molecule has 8 heteroatoms. The van der Waals surface area contributed by atoms with E-state index in [1.165, 1.54) is 17.0 Å². The Kier molecular flexibility index (Phi) is 5.56. The van der Waals surface area contributed by atoms with E-state index < -0.39 is 10.8 Å². The summed E-state index contributed by atoms with van der Waals surface area (Å²) in [4.78, 5) is 35.7. The van der Waals surface area contributed by atoms with E-state index in [0.29, 0.717) is 5.69 Å². The van der Waals surface area contributed by atoms with Crippen molar-refractivity contribution in [3.8, 4) is 0 Å². The molecule has 0 fully saturated rings. The predicted molar refractivity (Wildman–Crippen MR) is 99.4 cm³/mol. The molecule has 2 aromatic rings. The van der Waals surface area contributed by atoms with E-state index in [-0.39, 0.29) is 29.4 Å². The fraction of sp³-hybridized carbons (Fsp3) is 0.222. The van der Waals surface area contributed by atoms with E-state index in [1.807, 2.05) is 26.0 Å². The van der Waals surface area contributed by atoms with Gasteiger partial charge in [-0.1, -0.05) is 12.1 Å². The topological polar surface area (TPSA) is 119 Å². The van der Waals surface area contributed by atoms with Gasteiger partial charge in [-0.3, -0.25) is 19.7 Å². The van der Waals surface area contributed by atoms with E-state index in [1.54, 1.807) is 13.1 Å². The van der Waals surface area contributed by atoms with Gasteiger partial charge in [0, 0.05) is 24.4 Å². The molecule has 0 saturated carbocycles. The van der Waals surface area contributed by atoms with Gasteiger partial charge >= 0.3 is 0 Å². The molecular weight excluding hydrogens is 336 g/mol. The maximum absolute atomic E-state index is 12.3. The van der Waals surface area contributed by atoms with Crippen molar-refractivity contribution in [2.75, 3.05) is 23.8 Å². The number of nitro groups is 1. The summed E-state index contributed by atoms with van der Waals surface area (Å²) in [7, 11) is 1.56. The van der Waals surface area contributed by atoms with Crippen LogP contribution < -0.4 is 16.0 Å². The van der Waals surface area contributed by atoms with Crippen molar-refractivity contribution in [1.29, 1.82) is 0 Å². The third kappa shape index (κ3) is 4.15. The number of likely N-dealkylation sites (N-methyl/N-ethyl adjacent to an activating group) is 1. The molecule has 0 heterocycles. The van der Waals surface area contributed by atoms with Crippen LogP contribution in [0.1, 0.15) is 21.5 Å². The van der Waals surface area contributed by atoms with Crippen molar-refractivity contribution in [3.63, 3.8) is 0 Å². The molecule has 0 bridgehead atoms. The average Bonchev–Trinajstić information content (AvgIpc) is 2.58. The Morgan fingerprint density at radius 3 is 2.54 bits per heavy atom. The first-order valence-electron chi connectivity index (χ1n) is 7.86. The quantitative estimate of drug-likeness (QED) is 0.608. The zero-order chi connectivity index (χ0) is 19.4. The summed E-state index contributed by atoms with van der Waals surface area (Å²) in [6.45, 7) is 3.76. The zero-order valence-corrected chi connectivity index (χ0v) is 14.8. The number of carbonyl (C=O) groups excluding carboxylic acids is 2. The fourth-order valence-electron chi connectivity index (χ4n) is 2.52. The van der Waals surface area contributed by atoms with Crippen LogP contribution >= 0.6 is 0 Å². The highest BCUT2D eigenvalue weighted by molar-refractivity contribution is 5.96. The minimum Gasteiger partial charge on any atom is -0.366 e. The molecule has 0 unspecified atom stereocenters. The van der Waals surface area contributed by atoms with Crippen LogP contribution in [0.2, 0.25) is 0 Å². The molecule has 136 valence electrons. The number of amides is 2. The number of rotatable bonds is 6. The third-order valence-corrected chi connectivity index (χ3v) is 4.13. The number of nitrogens with zero attached hydrogens (tertiary/aromatic N) is 2. The van der Waals surface area contributed by atoms with Crippen LogP contribution in [-0.4, -0.2) is 30.3 Å². The van der Waals surface area contributed by atoms with Crippen LogP contribution in [0.5, 0.6) is 0 Å². The molecule has 2 amide bonds. The number of hydrogen-bond donors (Lipinski definition) is 2. The van der Waals surface area contributed by atoms with E-state index in [2.05, 4.69) is 5.32 Å². The minimum absolute atomic E-state index is 0.0358. The molecule has 2 rings (SSSR count). The summed E-state index contributed by atoms with van der Waals surface area (Å²) in [5.41, 5.74) is 7.83. The van der Waals surface area contributed by atoms with Crippen LogP contribution in [0.3, 0.4) is 0 Å². The minimum atomic E-state index is -0.755. The highest BCUT2D eigenvalue weighted by Crippen LogP contribution is 2.28. The summed E-state index contributed by atoms with van der Waals surface area (Å²) < 4.78 is 0. The lowest BCUT2D eigenvalue weighted by molar-refractivity contribution is -0.384. The standard InChI is InChI=1S/C18H20N4O4/c1-11-5-4-6-14(12(11)2)20-17(23)10-21(3)15-8-7-13(18(19)24)9-16(15)22(25)26/h4-9H,10H2,1-3H3,(H2,19,24)(H,20,23). The molecule has 3 N–H and O–H groups in total. The zero-order valence-electron chi connectivity index (χ0n) is 14.8. The number of nitro benzene ring substituents is 1. The van der Waals surface area contributed by atoms with Crippen molar-refractivity contribution in [2.24, 2.45) is 5.73 Å². The largest absolute Gasteiger partial charge is 0.366 e. The van der Waals surface area contributed by atoms with Crippen molar-refractivity contribution in [3.05, 3.63) is 63.2 Å². The second-order valence-corrected chi connectivity index (χ2v) is 5.98. The number of nitrogens with two attached hydrogens (primary N) is 1. The normalized spacial score (nSPS) is 10.3. The molecular formula is C18H20N4O4. The second-order valence-electron chi connectivity index (χ2n) is 5.98. The van der Waals surface area contributed by atoms with Gasteiger partial charge in [0.25, 0.3) is 5.69 Å². The van der Waals surface area contributed by atoms with Gasteiger partial charge in [-0.05, 0) is 43.2 Å². The van der Waals surface area contributed by atoms with Gasteiger partial charge in [0.05, 0.1) is 11.5 Å². The molecule has 0 radical (unpaired) electrons. The summed E-state index contributed by atoms with van der Waals surface area (Å²) in [5, 5.41) is 14.1. The number of benzene rings is 2. The lowest BCUT2D eigenvalue weighted by atomic mass is 10.1. The summed E-state index contributed by atoms with van der Waals surface area (Å²) in [6.07, 6.45) is 0. The Labute approximate surface area is 150 Å². The van der Waals surface area contributed by atoms with E-state index in [4.69, 9.17) is 5.73 Å².